The SMILES string of the molecule is COC(=O)C1CCCCN(Cc2cccc(CCCC(=O)CCCc3ccc(C)nc3)c2)CC1. The Kier molecular flexibility index (Phi) is 10.7. The van der Waals surface area contributed by atoms with Crippen LogP contribution in [0.4, 0.5) is 0 Å². The Labute approximate surface area is 204 Å². The molecule has 3 rings (SSSR count). The molecule has 1 fully saturated rings. The molecule has 0 spiro atoms. The van der Waals surface area contributed by atoms with Crippen molar-refractivity contribution in [3.8, 4) is 0 Å². The van der Waals surface area contributed by atoms with Gasteiger partial charge in [0.15, 0.2) is 0 Å². The van der Waals surface area contributed by atoms with Crippen molar-refractivity contribution >= 4 is 11.8 Å². The quantitative estimate of drug-likeness (QED) is 0.413. The first-order valence-corrected chi connectivity index (χ1v) is 12.8. The van der Waals surface area contributed by atoms with Gasteiger partial charge in [0.25, 0.3) is 0 Å². The summed E-state index contributed by atoms with van der Waals surface area (Å²) in [6, 6.07) is 12.9. The van der Waals surface area contributed by atoms with Crippen LogP contribution in [0.1, 0.15) is 73.8 Å². The van der Waals surface area contributed by atoms with Crippen molar-refractivity contribution in [3.05, 3.63) is 65.0 Å². The fourth-order valence-electron chi connectivity index (χ4n) is 4.77. The number of carbonyl (C=O) groups excluding carboxylic acids is 2. The Morgan fingerprint density at radius 2 is 1.74 bits per heavy atom. The molecular formula is C29H40N2O3. The number of hydrogen-bond donors (Lipinski definition) is 0. The van der Waals surface area contributed by atoms with Crippen LogP contribution < -0.4 is 0 Å². The van der Waals surface area contributed by atoms with Gasteiger partial charge in [-0.25, -0.2) is 0 Å². The minimum Gasteiger partial charge on any atom is -0.469 e. The monoisotopic (exact) mass is 464 g/mol. The summed E-state index contributed by atoms with van der Waals surface area (Å²) < 4.78 is 4.97. The summed E-state index contributed by atoms with van der Waals surface area (Å²) in [5.74, 6) is 0.327. The van der Waals surface area contributed by atoms with Crippen LogP contribution in [0.3, 0.4) is 0 Å². The second-order valence-electron chi connectivity index (χ2n) is 9.65. The maximum Gasteiger partial charge on any atom is 0.308 e. The normalized spacial score (nSPS) is 17.1. The topological polar surface area (TPSA) is 59.5 Å². The van der Waals surface area contributed by atoms with Gasteiger partial charge in [-0.1, -0.05) is 36.8 Å². The summed E-state index contributed by atoms with van der Waals surface area (Å²) in [7, 11) is 1.49. The van der Waals surface area contributed by atoms with E-state index in [0.29, 0.717) is 18.6 Å². The third-order valence-electron chi connectivity index (χ3n) is 6.82. The first-order valence-electron chi connectivity index (χ1n) is 12.8. The highest BCUT2D eigenvalue weighted by atomic mass is 16.5. The maximum atomic E-state index is 12.3. The van der Waals surface area contributed by atoms with Crippen LogP contribution in [0.2, 0.25) is 0 Å². The number of likely N-dealkylation sites (tertiary alicyclic amines) is 1. The lowest BCUT2D eigenvalue weighted by atomic mass is 9.95. The Bertz CT molecular complexity index is 910. The summed E-state index contributed by atoms with van der Waals surface area (Å²) in [4.78, 5) is 31.0. The molecule has 1 atom stereocenters. The third-order valence-corrected chi connectivity index (χ3v) is 6.82. The van der Waals surface area contributed by atoms with Gasteiger partial charge in [-0.05, 0) is 87.7 Å². The van der Waals surface area contributed by atoms with Crippen molar-refractivity contribution in [1.82, 2.24) is 9.88 Å². The Balaban J connectivity index is 1.38. The molecule has 184 valence electrons. The predicted molar refractivity (Wildman–Crippen MR) is 136 cm³/mol. The average Bonchev–Trinajstić information content (AvgIpc) is 2.82. The summed E-state index contributed by atoms with van der Waals surface area (Å²) in [6.07, 6.45) is 10.9. The molecule has 0 radical (unpaired) electrons. The number of aryl methyl sites for hydroxylation is 3. The smallest absolute Gasteiger partial charge is 0.308 e. The van der Waals surface area contributed by atoms with E-state index in [1.54, 1.807) is 0 Å². The number of hydrogen-bond acceptors (Lipinski definition) is 5. The third kappa shape index (κ3) is 9.02. The highest BCUT2D eigenvalue weighted by molar-refractivity contribution is 5.78. The number of Topliss-reactive ketones (excluding diaryl/α,β-unsaturated/α-hetero) is 1. The van der Waals surface area contributed by atoms with Crippen molar-refractivity contribution in [2.45, 2.75) is 77.7 Å². The van der Waals surface area contributed by atoms with Crippen LogP contribution in [0.5, 0.6) is 0 Å². The molecule has 1 unspecified atom stereocenters. The molecule has 1 aromatic carbocycles. The van der Waals surface area contributed by atoms with Crippen LogP contribution in [0, 0.1) is 12.8 Å². The number of ether oxygens (including phenoxy) is 1. The number of carbonyl (C=O) groups is 2. The van der Waals surface area contributed by atoms with Crippen LogP contribution >= 0.6 is 0 Å². The molecule has 5 heteroatoms. The van der Waals surface area contributed by atoms with E-state index in [0.717, 1.165) is 76.7 Å². The minimum absolute atomic E-state index is 0.0326. The number of esters is 1. The van der Waals surface area contributed by atoms with E-state index in [9.17, 15) is 9.59 Å². The van der Waals surface area contributed by atoms with Crippen molar-refractivity contribution < 1.29 is 14.3 Å². The number of methoxy groups -OCH3 is 1. The summed E-state index contributed by atoms with van der Waals surface area (Å²) in [5, 5.41) is 0. The fourth-order valence-corrected chi connectivity index (χ4v) is 4.77. The molecule has 2 aromatic rings. The molecule has 1 aliphatic heterocycles. The molecule has 34 heavy (non-hydrogen) atoms. The van der Waals surface area contributed by atoms with Gasteiger partial charge >= 0.3 is 5.97 Å². The summed E-state index contributed by atoms with van der Waals surface area (Å²) in [6.45, 7) is 4.90. The molecule has 5 nitrogen and oxygen atoms in total. The lowest BCUT2D eigenvalue weighted by Crippen LogP contribution is -2.31. The molecule has 0 aliphatic carbocycles. The number of ketones is 1. The van der Waals surface area contributed by atoms with E-state index >= 15 is 0 Å². The van der Waals surface area contributed by atoms with E-state index < -0.39 is 0 Å². The second kappa shape index (κ2) is 14.0. The zero-order chi connectivity index (χ0) is 24.2. The average molecular weight is 465 g/mol. The van der Waals surface area contributed by atoms with Crippen molar-refractivity contribution in [1.29, 1.82) is 0 Å². The number of nitrogens with zero attached hydrogens (tertiary/aromatic N) is 2. The highest BCUT2D eigenvalue weighted by Gasteiger charge is 2.22. The minimum atomic E-state index is -0.0643. The standard InChI is InChI=1S/C29H40N2O3/c1-23-15-16-25(21-30-23)10-7-14-28(32)13-6-9-24-8-5-11-26(20-24)22-31-18-4-3-12-27(17-19-31)29(33)34-2/h5,8,11,15-16,20-21,27H,3-4,6-7,9-10,12-14,17-19,22H2,1-2H3. The first-order chi connectivity index (χ1) is 16.5. The Morgan fingerprint density at radius 3 is 2.47 bits per heavy atom. The van der Waals surface area contributed by atoms with Gasteiger partial charge in [0, 0.05) is 31.3 Å². The van der Waals surface area contributed by atoms with Crippen molar-refractivity contribution in [2.75, 3.05) is 20.2 Å². The summed E-state index contributed by atoms with van der Waals surface area (Å²) >= 11 is 0. The second-order valence-corrected chi connectivity index (χ2v) is 9.65. The van der Waals surface area contributed by atoms with Gasteiger partial charge in [-0.2, -0.15) is 0 Å². The van der Waals surface area contributed by atoms with Gasteiger partial charge in [0.05, 0.1) is 13.0 Å². The predicted octanol–water partition coefficient (Wildman–Crippen LogP) is 5.47. The van der Waals surface area contributed by atoms with Crippen molar-refractivity contribution in [3.63, 3.8) is 0 Å². The van der Waals surface area contributed by atoms with Crippen LogP contribution in [0.15, 0.2) is 42.6 Å². The van der Waals surface area contributed by atoms with E-state index in [4.69, 9.17) is 4.74 Å². The molecular weight excluding hydrogens is 424 g/mol. The molecule has 0 bridgehead atoms. The number of rotatable bonds is 11. The van der Waals surface area contributed by atoms with E-state index in [1.165, 1.54) is 23.8 Å². The lowest BCUT2D eigenvalue weighted by Gasteiger charge is -2.27. The first kappa shape index (κ1) is 26.1. The summed E-state index contributed by atoms with van der Waals surface area (Å²) in [5.41, 5.74) is 4.84. The van der Waals surface area contributed by atoms with Gasteiger partial charge < -0.3 is 4.74 Å². The molecule has 1 aromatic heterocycles. The molecule has 1 aliphatic rings. The largest absolute Gasteiger partial charge is 0.469 e. The molecule has 0 amide bonds. The van der Waals surface area contributed by atoms with Gasteiger partial charge in [-0.15, -0.1) is 0 Å². The molecule has 0 N–H and O–H groups in total. The van der Waals surface area contributed by atoms with E-state index in [1.807, 2.05) is 19.2 Å². The zero-order valence-electron chi connectivity index (χ0n) is 20.9. The number of aromatic nitrogens is 1. The highest BCUT2D eigenvalue weighted by Crippen LogP contribution is 2.21. The van der Waals surface area contributed by atoms with Gasteiger partial charge in [0.2, 0.25) is 0 Å². The van der Waals surface area contributed by atoms with Crippen molar-refractivity contribution in [2.24, 2.45) is 5.92 Å². The number of benzene rings is 1. The van der Waals surface area contributed by atoms with Crippen LogP contribution in [0.25, 0.3) is 0 Å². The maximum absolute atomic E-state index is 12.3. The van der Waals surface area contributed by atoms with Gasteiger partial charge in [-0.3, -0.25) is 19.5 Å². The molecule has 1 saturated heterocycles. The Morgan fingerprint density at radius 1 is 0.971 bits per heavy atom. The molecule has 2 heterocycles. The van der Waals surface area contributed by atoms with E-state index in [-0.39, 0.29) is 11.9 Å². The van der Waals surface area contributed by atoms with E-state index in [2.05, 4.69) is 40.2 Å². The fraction of sp³-hybridized carbons (Fsp3) is 0.552. The van der Waals surface area contributed by atoms with Gasteiger partial charge in [0.1, 0.15) is 5.78 Å². The zero-order valence-corrected chi connectivity index (χ0v) is 20.9. The van der Waals surface area contributed by atoms with Crippen LogP contribution in [-0.4, -0.2) is 41.8 Å². The Hall–Kier alpha value is -2.53. The number of pyridine rings is 1. The van der Waals surface area contributed by atoms with Crippen LogP contribution in [-0.2, 0) is 33.7 Å². The lowest BCUT2D eigenvalue weighted by molar-refractivity contribution is -0.146. The molecule has 0 saturated carbocycles.